The molecule has 0 spiro atoms. The summed E-state index contributed by atoms with van der Waals surface area (Å²) in [4.78, 5) is 10.5. The van der Waals surface area contributed by atoms with Crippen molar-refractivity contribution < 1.29 is 28.9 Å². The molecule has 1 aromatic carbocycles. The minimum Gasteiger partial charge on any atom is -0.503 e. The van der Waals surface area contributed by atoms with Gasteiger partial charge in [-0.05, 0) is 17.7 Å². The monoisotopic (exact) mass is 233 g/mol. The summed E-state index contributed by atoms with van der Waals surface area (Å²) in [5.41, 5.74) is 4.29. The fourth-order valence-corrected chi connectivity index (χ4v) is 1.09. The van der Waals surface area contributed by atoms with Gasteiger partial charge in [-0.25, -0.2) is 8.78 Å². The van der Waals surface area contributed by atoms with Gasteiger partial charge in [0, 0.05) is 0 Å². The molecular weight excluding hydrogens is 224 g/mol. The van der Waals surface area contributed by atoms with Crippen molar-refractivity contribution in [3.63, 3.8) is 0 Å². The third-order valence-corrected chi connectivity index (χ3v) is 1.97. The lowest BCUT2D eigenvalue weighted by atomic mass is 10.0. The smallest absolute Gasteiger partial charge is 0.249 e. The van der Waals surface area contributed by atoms with Crippen molar-refractivity contribution in [1.82, 2.24) is 0 Å². The van der Waals surface area contributed by atoms with Crippen LogP contribution in [0.15, 0.2) is 12.1 Å². The molecule has 7 heteroatoms. The van der Waals surface area contributed by atoms with E-state index in [1.54, 1.807) is 0 Å². The van der Waals surface area contributed by atoms with Gasteiger partial charge < -0.3 is 21.1 Å². The van der Waals surface area contributed by atoms with Gasteiger partial charge in [-0.3, -0.25) is 4.79 Å². The summed E-state index contributed by atoms with van der Waals surface area (Å²) in [6.07, 6.45) is -3.84. The summed E-state index contributed by atoms with van der Waals surface area (Å²) in [6.45, 7) is 0. The van der Waals surface area contributed by atoms with Crippen LogP contribution in [0.1, 0.15) is 11.7 Å². The van der Waals surface area contributed by atoms with Gasteiger partial charge in [0.2, 0.25) is 5.91 Å². The molecule has 1 amide bonds. The lowest BCUT2D eigenvalue weighted by molar-refractivity contribution is -0.132. The number of halogens is 2. The quantitative estimate of drug-likeness (QED) is 0.567. The summed E-state index contributed by atoms with van der Waals surface area (Å²) < 4.78 is 25.7. The van der Waals surface area contributed by atoms with Crippen molar-refractivity contribution in [3.8, 4) is 5.75 Å². The van der Waals surface area contributed by atoms with E-state index in [1.165, 1.54) is 0 Å². The van der Waals surface area contributed by atoms with Crippen LogP contribution in [0.5, 0.6) is 5.75 Å². The molecule has 2 atom stereocenters. The van der Waals surface area contributed by atoms with Gasteiger partial charge in [-0.2, -0.15) is 0 Å². The Balaban J connectivity index is 3.10. The number of phenols is 1. The molecule has 0 heterocycles. The van der Waals surface area contributed by atoms with E-state index in [4.69, 9.17) is 15.9 Å². The molecule has 0 fully saturated rings. The van der Waals surface area contributed by atoms with Crippen molar-refractivity contribution in [3.05, 3.63) is 29.3 Å². The largest absolute Gasteiger partial charge is 0.503 e. The first-order valence-corrected chi connectivity index (χ1v) is 4.18. The Kier molecular flexibility index (Phi) is 3.41. The molecule has 1 aromatic rings. The fourth-order valence-electron chi connectivity index (χ4n) is 1.09. The number of hydrogen-bond acceptors (Lipinski definition) is 4. The second kappa shape index (κ2) is 4.42. The van der Waals surface area contributed by atoms with E-state index in [9.17, 15) is 18.7 Å². The highest BCUT2D eigenvalue weighted by molar-refractivity contribution is 5.79. The molecule has 1 rings (SSSR count). The van der Waals surface area contributed by atoms with Gasteiger partial charge in [0.15, 0.2) is 23.5 Å². The Bertz CT molecular complexity index is 401. The Morgan fingerprint density at radius 2 is 1.69 bits per heavy atom. The normalized spacial score (nSPS) is 14.5. The van der Waals surface area contributed by atoms with Crippen molar-refractivity contribution in [2.24, 2.45) is 5.73 Å². The molecule has 2 unspecified atom stereocenters. The van der Waals surface area contributed by atoms with Crippen molar-refractivity contribution in [2.75, 3.05) is 0 Å². The van der Waals surface area contributed by atoms with Gasteiger partial charge in [0.25, 0.3) is 0 Å². The van der Waals surface area contributed by atoms with Crippen molar-refractivity contribution in [1.29, 1.82) is 0 Å². The third kappa shape index (κ3) is 2.26. The number of amides is 1. The van der Waals surface area contributed by atoms with E-state index in [1.807, 2.05) is 0 Å². The number of rotatable bonds is 3. The number of nitrogens with two attached hydrogens (primary N) is 1. The number of hydrogen-bond donors (Lipinski definition) is 4. The zero-order chi connectivity index (χ0) is 12.5. The number of primary amides is 1. The molecule has 0 radical (unpaired) electrons. The Morgan fingerprint density at radius 3 is 2.06 bits per heavy atom. The maximum Gasteiger partial charge on any atom is 0.249 e. The van der Waals surface area contributed by atoms with Crippen LogP contribution >= 0.6 is 0 Å². The minimum absolute atomic E-state index is 0.404. The summed E-state index contributed by atoms with van der Waals surface area (Å²) in [7, 11) is 0. The lowest BCUT2D eigenvalue weighted by Crippen LogP contribution is -2.33. The van der Waals surface area contributed by atoms with Crippen LogP contribution in [-0.2, 0) is 4.79 Å². The molecule has 0 bridgehead atoms. The van der Waals surface area contributed by atoms with Crippen molar-refractivity contribution >= 4 is 5.91 Å². The SMILES string of the molecule is NC(=O)C(O)C(O)c1cc(F)c(O)c(F)c1. The van der Waals surface area contributed by atoms with Crippen LogP contribution < -0.4 is 5.73 Å². The highest BCUT2D eigenvalue weighted by atomic mass is 19.1. The number of carbonyl (C=O) groups excluding carboxylic acids is 1. The van der Waals surface area contributed by atoms with E-state index in [-0.39, 0.29) is 0 Å². The van der Waals surface area contributed by atoms with Crippen LogP contribution in [0, 0.1) is 11.6 Å². The van der Waals surface area contributed by atoms with Gasteiger partial charge >= 0.3 is 0 Å². The van der Waals surface area contributed by atoms with E-state index < -0.39 is 41.1 Å². The Labute approximate surface area is 88.7 Å². The number of aromatic hydroxyl groups is 1. The molecule has 0 aromatic heterocycles. The van der Waals surface area contributed by atoms with Crippen LogP contribution in [0.3, 0.4) is 0 Å². The predicted molar refractivity (Wildman–Crippen MR) is 48.2 cm³/mol. The van der Waals surface area contributed by atoms with Gasteiger partial charge in [0.05, 0.1) is 0 Å². The van der Waals surface area contributed by atoms with Crippen LogP contribution in [-0.4, -0.2) is 27.3 Å². The molecule has 0 saturated heterocycles. The average molecular weight is 233 g/mol. The second-order valence-corrected chi connectivity index (χ2v) is 3.13. The molecule has 16 heavy (non-hydrogen) atoms. The predicted octanol–water partition coefficient (Wildman–Crippen LogP) is -0.450. The Morgan fingerprint density at radius 1 is 1.25 bits per heavy atom. The first-order chi connectivity index (χ1) is 7.34. The van der Waals surface area contributed by atoms with E-state index >= 15 is 0 Å². The highest BCUT2D eigenvalue weighted by Crippen LogP contribution is 2.26. The van der Waals surface area contributed by atoms with E-state index in [0.29, 0.717) is 12.1 Å². The van der Waals surface area contributed by atoms with Gasteiger partial charge in [0.1, 0.15) is 6.10 Å². The van der Waals surface area contributed by atoms with E-state index in [2.05, 4.69) is 0 Å². The lowest BCUT2D eigenvalue weighted by Gasteiger charge is -2.15. The first kappa shape index (κ1) is 12.3. The fraction of sp³-hybridized carbons (Fsp3) is 0.222. The Hall–Kier alpha value is -1.73. The highest BCUT2D eigenvalue weighted by Gasteiger charge is 2.25. The number of carbonyl (C=O) groups is 1. The third-order valence-electron chi connectivity index (χ3n) is 1.97. The van der Waals surface area contributed by atoms with Crippen LogP contribution in [0.25, 0.3) is 0 Å². The first-order valence-electron chi connectivity index (χ1n) is 4.18. The minimum atomic E-state index is -1.98. The molecule has 0 aliphatic rings. The number of benzene rings is 1. The summed E-state index contributed by atoms with van der Waals surface area (Å²) >= 11 is 0. The van der Waals surface area contributed by atoms with Gasteiger partial charge in [-0.15, -0.1) is 0 Å². The average Bonchev–Trinajstić information content (AvgIpc) is 2.22. The number of aliphatic hydroxyl groups is 2. The summed E-state index contributed by atoms with van der Waals surface area (Å²) in [6, 6.07) is 1.18. The number of phenolic OH excluding ortho intramolecular Hbond substituents is 1. The molecule has 5 nitrogen and oxygen atoms in total. The second-order valence-electron chi connectivity index (χ2n) is 3.13. The zero-order valence-corrected chi connectivity index (χ0v) is 7.89. The molecule has 0 saturated carbocycles. The number of aliphatic hydroxyl groups excluding tert-OH is 2. The van der Waals surface area contributed by atoms with Crippen LogP contribution in [0.2, 0.25) is 0 Å². The standard InChI is InChI=1S/C9H9F2NO4/c10-4-1-3(2-5(11)7(4)14)6(13)8(15)9(12)16/h1-2,6,8,13-15H,(H2,12,16). The van der Waals surface area contributed by atoms with Gasteiger partial charge in [-0.1, -0.05) is 0 Å². The summed E-state index contributed by atoms with van der Waals surface area (Å²) in [5.74, 6) is -5.07. The van der Waals surface area contributed by atoms with Crippen LogP contribution in [0.4, 0.5) is 8.78 Å². The molecule has 0 aliphatic heterocycles. The molecular formula is C9H9F2NO4. The van der Waals surface area contributed by atoms with Crippen molar-refractivity contribution in [2.45, 2.75) is 12.2 Å². The van der Waals surface area contributed by atoms with E-state index in [0.717, 1.165) is 0 Å². The molecule has 0 aliphatic carbocycles. The summed E-state index contributed by atoms with van der Waals surface area (Å²) in [5, 5.41) is 27.2. The molecule has 88 valence electrons. The maximum atomic E-state index is 12.9. The maximum absolute atomic E-state index is 12.9. The topological polar surface area (TPSA) is 104 Å². The molecule has 5 N–H and O–H groups in total. The zero-order valence-electron chi connectivity index (χ0n) is 7.89.